The summed E-state index contributed by atoms with van der Waals surface area (Å²) >= 11 is 0. The first-order valence-electron chi connectivity index (χ1n) is 10.6. The summed E-state index contributed by atoms with van der Waals surface area (Å²) in [5.74, 6) is 1.06. The molecule has 0 aliphatic heterocycles. The van der Waals surface area contributed by atoms with E-state index < -0.39 is 24.5 Å². The highest BCUT2D eigenvalue weighted by Gasteiger charge is 2.51. The van der Waals surface area contributed by atoms with Gasteiger partial charge in [-0.1, -0.05) is 18.2 Å². The monoisotopic (exact) mass is 398 g/mol. The van der Waals surface area contributed by atoms with Gasteiger partial charge in [0, 0.05) is 5.54 Å². The van der Waals surface area contributed by atoms with Gasteiger partial charge in [0.05, 0.1) is 6.42 Å². The van der Waals surface area contributed by atoms with Crippen molar-refractivity contribution in [1.29, 1.82) is 0 Å². The molecular formula is C23H30N2O4. The van der Waals surface area contributed by atoms with Gasteiger partial charge in [-0.05, 0) is 86.8 Å². The molecule has 1 aromatic carbocycles. The normalized spacial score (nSPS) is 29.4. The van der Waals surface area contributed by atoms with Crippen LogP contribution in [0.25, 0.3) is 0 Å². The van der Waals surface area contributed by atoms with Crippen molar-refractivity contribution in [3.63, 3.8) is 0 Å². The number of urea groups is 1. The molecule has 1 aromatic rings. The SMILES string of the molecule is Cc1ccc(CC(=O)OCC(=O)NC(=O)NC23CC4CC(CC(C4)C2)C3)cc1C. The Labute approximate surface area is 171 Å². The molecule has 4 bridgehead atoms. The number of amides is 3. The lowest BCUT2D eigenvalue weighted by Gasteiger charge is -2.56. The molecule has 0 aromatic heterocycles. The summed E-state index contributed by atoms with van der Waals surface area (Å²) < 4.78 is 5.04. The Morgan fingerprint density at radius 1 is 1.00 bits per heavy atom. The van der Waals surface area contributed by atoms with Gasteiger partial charge in [0.25, 0.3) is 5.91 Å². The van der Waals surface area contributed by atoms with E-state index in [0.29, 0.717) is 17.8 Å². The molecule has 6 nitrogen and oxygen atoms in total. The van der Waals surface area contributed by atoms with Gasteiger partial charge in [0.1, 0.15) is 0 Å². The second kappa shape index (κ2) is 7.81. The van der Waals surface area contributed by atoms with Gasteiger partial charge in [-0.25, -0.2) is 4.79 Å². The minimum Gasteiger partial charge on any atom is -0.455 e. The van der Waals surface area contributed by atoms with Crippen molar-refractivity contribution in [2.24, 2.45) is 17.8 Å². The fraction of sp³-hybridized carbons (Fsp3) is 0.609. The van der Waals surface area contributed by atoms with Crippen LogP contribution >= 0.6 is 0 Å². The smallest absolute Gasteiger partial charge is 0.321 e. The maximum absolute atomic E-state index is 12.4. The Balaban J connectivity index is 1.22. The van der Waals surface area contributed by atoms with Gasteiger partial charge in [0.2, 0.25) is 0 Å². The summed E-state index contributed by atoms with van der Waals surface area (Å²) in [4.78, 5) is 36.4. The lowest BCUT2D eigenvalue weighted by Crippen LogP contribution is -2.62. The first-order chi connectivity index (χ1) is 13.8. The molecule has 4 aliphatic rings. The molecule has 0 unspecified atom stereocenters. The van der Waals surface area contributed by atoms with Crippen molar-refractivity contribution < 1.29 is 19.1 Å². The van der Waals surface area contributed by atoms with Crippen LogP contribution in [0.2, 0.25) is 0 Å². The Morgan fingerprint density at radius 2 is 1.62 bits per heavy atom. The van der Waals surface area contributed by atoms with Crippen molar-refractivity contribution in [2.45, 2.75) is 64.3 Å². The zero-order chi connectivity index (χ0) is 20.6. The number of benzene rings is 1. The molecule has 0 spiro atoms. The average molecular weight is 399 g/mol. The minimum atomic E-state index is -0.597. The number of aryl methyl sites for hydroxylation is 2. The number of imide groups is 1. The van der Waals surface area contributed by atoms with Crippen LogP contribution in [-0.4, -0.2) is 30.1 Å². The van der Waals surface area contributed by atoms with Gasteiger partial charge in [-0.2, -0.15) is 0 Å². The van der Waals surface area contributed by atoms with Crippen molar-refractivity contribution in [3.8, 4) is 0 Å². The first-order valence-corrected chi connectivity index (χ1v) is 10.6. The van der Waals surface area contributed by atoms with Crippen LogP contribution in [0.15, 0.2) is 18.2 Å². The molecule has 156 valence electrons. The Morgan fingerprint density at radius 3 is 2.21 bits per heavy atom. The molecular weight excluding hydrogens is 368 g/mol. The molecule has 4 aliphatic carbocycles. The van der Waals surface area contributed by atoms with Crippen LogP contribution in [0.3, 0.4) is 0 Å². The summed E-state index contributed by atoms with van der Waals surface area (Å²) in [7, 11) is 0. The second-order valence-electron chi connectivity index (χ2n) is 9.46. The molecule has 0 radical (unpaired) electrons. The molecule has 29 heavy (non-hydrogen) atoms. The average Bonchev–Trinajstić information content (AvgIpc) is 2.61. The fourth-order valence-electron chi connectivity index (χ4n) is 5.98. The summed E-state index contributed by atoms with van der Waals surface area (Å²) in [6, 6.07) is 5.31. The third kappa shape index (κ3) is 4.62. The number of ether oxygens (including phenoxy) is 1. The van der Waals surface area contributed by atoms with E-state index in [4.69, 9.17) is 4.74 Å². The highest BCUT2D eigenvalue weighted by molar-refractivity contribution is 5.95. The van der Waals surface area contributed by atoms with Gasteiger partial charge in [-0.3, -0.25) is 14.9 Å². The lowest BCUT2D eigenvalue weighted by atomic mass is 9.53. The maximum atomic E-state index is 12.4. The minimum absolute atomic E-state index is 0.105. The number of nitrogens with one attached hydrogen (secondary N) is 2. The predicted molar refractivity (Wildman–Crippen MR) is 108 cm³/mol. The van der Waals surface area contributed by atoms with Gasteiger partial charge < -0.3 is 10.1 Å². The Hall–Kier alpha value is -2.37. The molecule has 5 rings (SSSR count). The third-order valence-electron chi connectivity index (χ3n) is 6.95. The van der Waals surface area contributed by atoms with E-state index in [1.165, 1.54) is 19.3 Å². The standard InChI is InChI=1S/C23H30N2O4/c1-14-3-4-16(5-15(14)2)9-21(27)29-13-20(26)24-22(28)25-23-10-17-6-18(11-23)8-19(7-17)12-23/h3-5,17-19H,6-13H2,1-2H3,(H2,24,25,26,28). The summed E-state index contributed by atoms with van der Waals surface area (Å²) in [6.07, 6.45) is 7.03. The van der Waals surface area contributed by atoms with E-state index in [0.717, 1.165) is 36.0 Å². The number of hydrogen-bond acceptors (Lipinski definition) is 4. The predicted octanol–water partition coefficient (Wildman–Crippen LogP) is 3.18. The van der Waals surface area contributed by atoms with Gasteiger partial charge in [-0.15, -0.1) is 0 Å². The quantitative estimate of drug-likeness (QED) is 0.746. The largest absolute Gasteiger partial charge is 0.455 e. The van der Waals surface area contributed by atoms with E-state index in [9.17, 15) is 14.4 Å². The number of carbonyl (C=O) groups excluding carboxylic acids is 3. The summed E-state index contributed by atoms with van der Waals surface area (Å²) in [5.41, 5.74) is 2.96. The first kappa shape index (κ1) is 19.9. The molecule has 6 heteroatoms. The molecule has 2 N–H and O–H groups in total. The van der Waals surface area contributed by atoms with Crippen molar-refractivity contribution >= 4 is 17.9 Å². The second-order valence-corrected chi connectivity index (χ2v) is 9.46. The van der Waals surface area contributed by atoms with Gasteiger partial charge >= 0.3 is 12.0 Å². The van der Waals surface area contributed by atoms with Crippen LogP contribution in [-0.2, 0) is 20.7 Å². The van der Waals surface area contributed by atoms with E-state index in [2.05, 4.69) is 10.6 Å². The van der Waals surface area contributed by atoms with E-state index in [-0.39, 0.29) is 12.0 Å². The molecule has 4 fully saturated rings. The topological polar surface area (TPSA) is 84.5 Å². The van der Waals surface area contributed by atoms with Crippen molar-refractivity contribution in [3.05, 3.63) is 34.9 Å². The van der Waals surface area contributed by atoms with Crippen LogP contribution in [0.5, 0.6) is 0 Å². The van der Waals surface area contributed by atoms with E-state index in [1.54, 1.807) is 0 Å². The van der Waals surface area contributed by atoms with Crippen LogP contribution < -0.4 is 10.6 Å². The Kier molecular flexibility index (Phi) is 5.36. The fourth-order valence-corrected chi connectivity index (χ4v) is 5.98. The van der Waals surface area contributed by atoms with E-state index in [1.807, 2.05) is 32.0 Å². The van der Waals surface area contributed by atoms with Gasteiger partial charge in [0.15, 0.2) is 6.61 Å². The summed E-state index contributed by atoms with van der Waals surface area (Å²) in [5, 5.41) is 5.41. The maximum Gasteiger partial charge on any atom is 0.321 e. The molecule has 0 saturated heterocycles. The Bertz CT molecular complexity index is 797. The van der Waals surface area contributed by atoms with Crippen molar-refractivity contribution in [1.82, 2.24) is 10.6 Å². The van der Waals surface area contributed by atoms with Crippen LogP contribution in [0.4, 0.5) is 4.79 Å². The zero-order valence-electron chi connectivity index (χ0n) is 17.3. The molecule has 0 heterocycles. The number of esters is 1. The number of carbonyl (C=O) groups is 3. The lowest BCUT2D eigenvalue weighted by molar-refractivity contribution is -0.147. The third-order valence-corrected chi connectivity index (χ3v) is 6.95. The molecule has 4 saturated carbocycles. The molecule has 0 atom stereocenters. The van der Waals surface area contributed by atoms with E-state index >= 15 is 0 Å². The number of rotatable bonds is 5. The zero-order valence-corrected chi connectivity index (χ0v) is 17.3. The van der Waals surface area contributed by atoms with Crippen molar-refractivity contribution in [2.75, 3.05) is 6.61 Å². The highest BCUT2D eigenvalue weighted by atomic mass is 16.5. The van der Waals surface area contributed by atoms with Crippen LogP contribution in [0, 0.1) is 31.6 Å². The highest BCUT2D eigenvalue weighted by Crippen LogP contribution is 2.55. The molecule has 3 amide bonds. The summed E-state index contributed by atoms with van der Waals surface area (Å²) in [6.45, 7) is 3.55. The number of hydrogen-bond donors (Lipinski definition) is 2. The van der Waals surface area contributed by atoms with Crippen LogP contribution in [0.1, 0.15) is 55.2 Å².